The van der Waals surface area contributed by atoms with Gasteiger partial charge in [0.1, 0.15) is 6.04 Å². The summed E-state index contributed by atoms with van der Waals surface area (Å²) < 4.78 is 23.7. The molecule has 7 heteroatoms. The van der Waals surface area contributed by atoms with E-state index >= 15 is 0 Å². The van der Waals surface area contributed by atoms with E-state index in [1.165, 1.54) is 17.0 Å². The summed E-state index contributed by atoms with van der Waals surface area (Å²) >= 11 is 0. The van der Waals surface area contributed by atoms with Crippen molar-refractivity contribution in [2.24, 2.45) is 11.8 Å². The van der Waals surface area contributed by atoms with E-state index in [0.29, 0.717) is 18.5 Å². The van der Waals surface area contributed by atoms with Crippen molar-refractivity contribution in [3.05, 3.63) is 29.3 Å². The number of benzene rings is 1. The van der Waals surface area contributed by atoms with Crippen LogP contribution in [0.1, 0.15) is 42.1 Å². The number of amides is 1. The van der Waals surface area contributed by atoms with Crippen molar-refractivity contribution in [1.29, 1.82) is 0 Å². The minimum atomic E-state index is -3.44. The number of fused-ring (bicyclic) bond motifs is 1. The van der Waals surface area contributed by atoms with Gasteiger partial charge in [-0.1, -0.05) is 19.4 Å². The van der Waals surface area contributed by atoms with Crippen LogP contribution in [0.15, 0.2) is 23.1 Å². The van der Waals surface area contributed by atoms with Gasteiger partial charge in [0.15, 0.2) is 9.84 Å². The van der Waals surface area contributed by atoms with Gasteiger partial charge in [-0.3, -0.25) is 4.79 Å². The summed E-state index contributed by atoms with van der Waals surface area (Å²) in [6.07, 6.45) is 4.45. The van der Waals surface area contributed by atoms with Crippen LogP contribution in [0.25, 0.3) is 0 Å². The molecule has 25 heavy (non-hydrogen) atoms. The predicted octanol–water partition coefficient (Wildman–Crippen LogP) is 1.98. The lowest BCUT2D eigenvalue weighted by molar-refractivity contribution is -0.142. The maximum Gasteiger partial charge on any atom is 0.326 e. The van der Waals surface area contributed by atoms with E-state index in [1.807, 2.05) is 6.92 Å². The lowest BCUT2D eigenvalue weighted by Gasteiger charge is -2.25. The van der Waals surface area contributed by atoms with Gasteiger partial charge in [0.2, 0.25) is 0 Å². The van der Waals surface area contributed by atoms with Gasteiger partial charge in [0.05, 0.1) is 4.90 Å². The lowest BCUT2D eigenvalue weighted by Crippen LogP contribution is -2.43. The molecule has 1 aromatic carbocycles. The smallest absolute Gasteiger partial charge is 0.326 e. The van der Waals surface area contributed by atoms with Crippen molar-refractivity contribution in [1.82, 2.24) is 4.90 Å². The Hall–Kier alpha value is -1.89. The van der Waals surface area contributed by atoms with Gasteiger partial charge < -0.3 is 10.0 Å². The number of carboxylic acid groups (broad SMARTS) is 1. The number of aryl methyl sites for hydroxylation is 1. The van der Waals surface area contributed by atoms with Crippen molar-refractivity contribution in [3.63, 3.8) is 0 Å². The number of sulfone groups is 1. The van der Waals surface area contributed by atoms with E-state index < -0.39 is 21.8 Å². The van der Waals surface area contributed by atoms with Crippen LogP contribution in [0, 0.1) is 11.8 Å². The summed E-state index contributed by atoms with van der Waals surface area (Å²) in [4.78, 5) is 26.4. The Morgan fingerprint density at radius 2 is 2.00 bits per heavy atom. The van der Waals surface area contributed by atoms with Gasteiger partial charge in [-0.2, -0.15) is 0 Å². The topological polar surface area (TPSA) is 91.8 Å². The van der Waals surface area contributed by atoms with Crippen molar-refractivity contribution < 1.29 is 23.1 Å². The SMILES string of the molecule is CCc1ccc(S(C)(=O)=O)cc1C(=O)N1CC2CCCC2C1C(=O)O. The normalized spacial score (nSPS) is 25.8. The molecule has 1 aliphatic carbocycles. The third-order valence-electron chi connectivity index (χ3n) is 5.53. The number of hydrogen-bond donors (Lipinski definition) is 1. The monoisotopic (exact) mass is 365 g/mol. The average molecular weight is 365 g/mol. The Morgan fingerprint density at radius 3 is 2.60 bits per heavy atom. The lowest BCUT2D eigenvalue weighted by atomic mass is 9.94. The standard InChI is InChI=1S/C18H23NO5S/c1-3-11-7-8-13(25(2,23)24)9-15(11)17(20)19-10-12-5-4-6-14(12)16(19)18(21)22/h7-9,12,14,16H,3-6,10H2,1-2H3,(H,21,22). The van der Waals surface area contributed by atoms with E-state index in [9.17, 15) is 23.1 Å². The fourth-order valence-corrected chi connectivity index (χ4v) is 4.93. The van der Waals surface area contributed by atoms with Crippen molar-refractivity contribution in [2.75, 3.05) is 12.8 Å². The maximum atomic E-state index is 13.1. The summed E-state index contributed by atoms with van der Waals surface area (Å²) in [6, 6.07) is 3.73. The molecule has 1 saturated carbocycles. The van der Waals surface area contributed by atoms with Gasteiger partial charge in [-0.05, 0) is 48.8 Å². The number of likely N-dealkylation sites (tertiary alicyclic amines) is 1. The molecule has 3 rings (SSSR count). The molecule has 136 valence electrons. The highest BCUT2D eigenvalue weighted by atomic mass is 32.2. The second kappa shape index (κ2) is 6.44. The van der Waals surface area contributed by atoms with Gasteiger partial charge in [0, 0.05) is 18.4 Å². The Morgan fingerprint density at radius 1 is 1.28 bits per heavy atom. The Bertz CT molecular complexity index is 817. The predicted molar refractivity (Wildman–Crippen MR) is 92.2 cm³/mol. The molecule has 1 aromatic rings. The largest absolute Gasteiger partial charge is 0.480 e. The molecule has 0 bridgehead atoms. The van der Waals surface area contributed by atoms with Crippen LogP contribution in [-0.2, 0) is 21.1 Å². The van der Waals surface area contributed by atoms with Crippen LogP contribution >= 0.6 is 0 Å². The molecule has 0 aromatic heterocycles. The van der Waals surface area contributed by atoms with Gasteiger partial charge in [0.25, 0.3) is 5.91 Å². The van der Waals surface area contributed by atoms with Gasteiger partial charge in [-0.15, -0.1) is 0 Å². The first-order valence-corrected chi connectivity index (χ1v) is 10.5. The number of rotatable bonds is 4. The van der Waals surface area contributed by atoms with Crippen LogP contribution < -0.4 is 0 Å². The number of nitrogens with zero attached hydrogens (tertiary/aromatic N) is 1. The molecule has 1 saturated heterocycles. The van der Waals surface area contributed by atoms with Crippen molar-refractivity contribution in [2.45, 2.75) is 43.5 Å². The number of carbonyl (C=O) groups is 2. The first-order chi connectivity index (χ1) is 11.7. The van der Waals surface area contributed by atoms with Crippen LogP contribution in [0.3, 0.4) is 0 Å². The molecule has 0 spiro atoms. The highest BCUT2D eigenvalue weighted by Gasteiger charge is 2.49. The zero-order chi connectivity index (χ0) is 18.4. The molecular weight excluding hydrogens is 342 g/mol. The fraction of sp³-hybridized carbons (Fsp3) is 0.556. The molecule has 1 aliphatic heterocycles. The third-order valence-corrected chi connectivity index (χ3v) is 6.64. The summed E-state index contributed by atoms with van der Waals surface area (Å²) in [6.45, 7) is 2.33. The minimum absolute atomic E-state index is 0.00427. The molecule has 1 heterocycles. The number of carbonyl (C=O) groups excluding carboxylic acids is 1. The van der Waals surface area contributed by atoms with E-state index in [-0.39, 0.29) is 22.6 Å². The Kier molecular flexibility index (Phi) is 4.62. The fourth-order valence-electron chi connectivity index (χ4n) is 4.28. The quantitative estimate of drug-likeness (QED) is 0.881. The summed E-state index contributed by atoms with van der Waals surface area (Å²) in [7, 11) is -3.44. The highest BCUT2D eigenvalue weighted by Crippen LogP contribution is 2.43. The first-order valence-electron chi connectivity index (χ1n) is 8.60. The number of aliphatic carboxylic acids is 1. The van der Waals surface area contributed by atoms with E-state index in [0.717, 1.165) is 31.1 Å². The molecule has 2 aliphatic rings. The molecule has 1 amide bonds. The van der Waals surface area contributed by atoms with Gasteiger partial charge in [-0.25, -0.2) is 13.2 Å². The average Bonchev–Trinajstić information content (AvgIpc) is 3.12. The zero-order valence-corrected chi connectivity index (χ0v) is 15.3. The minimum Gasteiger partial charge on any atom is -0.480 e. The Balaban J connectivity index is 2.01. The third kappa shape index (κ3) is 3.17. The second-order valence-corrected chi connectivity index (χ2v) is 9.06. The molecular formula is C18H23NO5S. The Labute approximate surface area is 147 Å². The molecule has 0 radical (unpaired) electrons. The second-order valence-electron chi connectivity index (χ2n) is 7.04. The van der Waals surface area contributed by atoms with Crippen molar-refractivity contribution in [3.8, 4) is 0 Å². The summed E-state index contributed by atoms with van der Waals surface area (Å²) in [5.41, 5.74) is 1.04. The molecule has 3 atom stereocenters. The highest BCUT2D eigenvalue weighted by molar-refractivity contribution is 7.90. The molecule has 2 fully saturated rings. The maximum absolute atomic E-state index is 13.1. The van der Waals surface area contributed by atoms with Crippen LogP contribution in [0.5, 0.6) is 0 Å². The van der Waals surface area contributed by atoms with E-state index in [2.05, 4.69) is 0 Å². The van der Waals surface area contributed by atoms with Crippen LogP contribution in [0.4, 0.5) is 0 Å². The first kappa shape index (κ1) is 17.9. The molecule has 6 nitrogen and oxygen atoms in total. The number of hydrogen-bond acceptors (Lipinski definition) is 4. The molecule has 1 N–H and O–H groups in total. The van der Waals surface area contributed by atoms with E-state index in [1.54, 1.807) is 6.07 Å². The summed E-state index contributed by atoms with van der Waals surface area (Å²) in [5, 5.41) is 9.65. The number of carboxylic acids is 1. The molecule has 3 unspecified atom stereocenters. The van der Waals surface area contributed by atoms with Crippen LogP contribution in [-0.4, -0.2) is 49.1 Å². The van der Waals surface area contributed by atoms with Crippen LogP contribution in [0.2, 0.25) is 0 Å². The summed E-state index contributed by atoms with van der Waals surface area (Å²) in [5.74, 6) is -1.11. The van der Waals surface area contributed by atoms with Gasteiger partial charge >= 0.3 is 5.97 Å². The van der Waals surface area contributed by atoms with Crippen molar-refractivity contribution >= 4 is 21.7 Å². The van der Waals surface area contributed by atoms with E-state index in [4.69, 9.17) is 0 Å². The zero-order valence-electron chi connectivity index (χ0n) is 14.4.